The maximum absolute atomic E-state index is 11.6. The van der Waals surface area contributed by atoms with E-state index < -0.39 is 0 Å². The summed E-state index contributed by atoms with van der Waals surface area (Å²) in [5.41, 5.74) is -0.0425. The Bertz CT molecular complexity index is 286. The fourth-order valence-corrected chi connectivity index (χ4v) is 5.23. The van der Waals surface area contributed by atoms with Gasteiger partial charge < -0.3 is 9.69 Å². The van der Waals surface area contributed by atoms with Gasteiger partial charge in [-0.05, 0) is 18.8 Å². The Morgan fingerprint density at radius 3 is 2.50 bits per heavy atom. The molecule has 0 aromatic rings. The van der Waals surface area contributed by atoms with Crippen molar-refractivity contribution in [2.24, 2.45) is 11.3 Å². The number of rotatable bonds is 3. The minimum Gasteiger partial charge on any atom is -0.303 e. The summed E-state index contributed by atoms with van der Waals surface area (Å²) in [6.07, 6.45) is 6.02. The van der Waals surface area contributed by atoms with E-state index in [0.29, 0.717) is 10.5 Å². The first kappa shape index (κ1) is 14.4. The number of hydrogen-bond acceptors (Lipinski definition) is 3. The Labute approximate surface area is 116 Å². The fourth-order valence-electron chi connectivity index (χ4n) is 3.85. The van der Waals surface area contributed by atoms with E-state index in [0.717, 1.165) is 38.4 Å². The molecule has 4 atom stereocenters. The van der Waals surface area contributed by atoms with Crippen LogP contribution in [-0.4, -0.2) is 41.3 Å². The highest BCUT2D eigenvalue weighted by molar-refractivity contribution is 8.00. The third-order valence-corrected chi connectivity index (χ3v) is 5.64. The van der Waals surface area contributed by atoms with E-state index >= 15 is 0 Å². The second kappa shape index (κ2) is 5.96. The number of nitrogens with zero attached hydrogens (tertiary/aromatic N) is 1. The molecule has 1 aliphatic heterocycles. The van der Waals surface area contributed by atoms with Gasteiger partial charge in [0, 0.05) is 35.5 Å². The van der Waals surface area contributed by atoms with Crippen molar-refractivity contribution in [3.05, 3.63) is 0 Å². The summed E-state index contributed by atoms with van der Waals surface area (Å²) in [7, 11) is 0. The Morgan fingerprint density at radius 2 is 1.94 bits per heavy atom. The Balaban J connectivity index is 1.98. The lowest BCUT2D eigenvalue weighted by atomic mass is 9.70. The summed E-state index contributed by atoms with van der Waals surface area (Å²) in [5.74, 6) is 0.720. The van der Waals surface area contributed by atoms with E-state index in [-0.39, 0.29) is 5.41 Å². The van der Waals surface area contributed by atoms with Crippen LogP contribution in [0.4, 0.5) is 0 Å². The highest BCUT2D eigenvalue weighted by Gasteiger charge is 2.37. The minimum absolute atomic E-state index is 0.0425. The molecule has 0 aromatic heterocycles. The summed E-state index contributed by atoms with van der Waals surface area (Å²) in [6, 6.07) is 0. The van der Waals surface area contributed by atoms with Gasteiger partial charge in [-0.2, -0.15) is 11.8 Å². The zero-order chi connectivity index (χ0) is 13.2. The quantitative estimate of drug-likeness (QED) is 0.734. The van der Waals surface area contributed by atoms with Crippen LogP contribution in [0.15, 0.2) is 0 Å². The monoisotopic (exact) mass is 269 g/mol. The predicted octanol–water partition coefficient (Wildman–Crippen LogP) is 3.21. The molecule has 1 saturated heterocycles. The van der Waals surface area contributed by atoms with Gasteiger partial charge in [0.05, 0.1) is 0 Å². The van der Waals surface area contributed by atoms with Crippen LogP contribution in [0.3, 0.4) is 0 Å². The molecule has 0 aromatic carbocycles. The first-order valence-electron chi connectivity index (χ1n) is 7.37. The van der Waals surface area contributed by atoms with Crippen molar-refractivity contribution < 1.29 is 4.79 Å². The average molecular weight is 269 g/mol. The van der Waals surface area contributed by atoms with Gasteiger partial charge in [-0.3, -0.25) is 0 Å². The maximum atomic E-state index is 11.6. The van der Waals surface area contributed by atoms with E-state index in [1.807, 2.05) is 0 Å². The van der Waals surface area contributed by atoms with Gasteiger partial charge in [0.1, 0.15) is 6.29 Å². The summed E-state index contributed by atoms with van der Waals surface area (Å²) < 4.78 is 0. The summed E-state index contributed by atoms with van der Waals surface area (Å²) in [5, 5.41) is 1.41. The third kappa shape index (κ3) is 3.51. The molecule has 3 heteroatoms. The molecule has 1 saturated carbocycles. The average Bonchev–Trinajstić information content (AvgIpc) is 2.27. The first-order chi connectivity index (χ1) is 8.53. The first-order valence-corrected chi connectivity index (χ1v) is 8.31. The molecular formula is C15H27NOS. The SMILES string of the molecule is CC1CCCC(C=O)(CN2CC(C)SC(C)C2)C1. The molecule has 0 N–H and O–H groups in total. The van der Waals surface area contributed by atoms with Crippen LogP contribution in [0.5, 0.6) is 0 Å². The van der Waals surface area contributed by atoms with Gasteiger partial charge in [-0.1, -0.05) is 33.6 Å². The molecular weight excluding hydrogens is 242 g/mol. The highest BCUT2D eigenvalue weighted by atomic mass is 32.2. The molecule has 2 aliphatic rings. The van der Waals surface area contributed by atoms with E-state index in [1.54, 1.807) is 0 Å². The number of thioether (sulfide) groups is 1. The molecule has 104 valence electrons. The fraction of sp³-hybridized carbons (Fsp3) is 0.933. The van der Waals surface area contributed by atoms with Gasteiger partial charge >= 0.3 is 0 Å². The Hall–Kier alpha value is -0.0200. The van der Waals surface area contributed by atoms with Gasteiger partial charge in [-0.15, -0.1) is 0 Å². The maximum Gasteiger partial charge on any atom is 0.127 e. The second-order valence-electron chi connectivity index (χ2n) is 6.63. The van der Waals surface area contributed by atoms with Crippen molar-refractivity contribution in [2.75, 3.05) is 19.6 Å². The van der Waals surface area contributed by atoms with Crippen LogP contribution in [-0.2, 0) is 4.79 Å². The van der Waals surface area contributed by atoms with Crippen LogP contribution in [0.2, 0.25) is 0 Å². The van der Waals surface area contributed by atoms with Crippen molar-refractivity contribution in [1.29, 1.82) is 0 Å². The zero-order valence-corrected chi connectivity index (χ0v) is 12.8. The molecule has 1 aliphatic carbocycles. The molecule has 1 heterocycles. The third-order valence-electron chi connectivity index (χ3n) is 4.41. The number of carbonyl (C=O) groups excluding carboxylic acids is 1. The largest absolute Gasteiger partial charge is 0.303 e. The molecule has 0 bridgehead atoms. The van der Waals surface area contributed by atoms with E-state index in [1.165, 1.54) is 19.1 Å². The van der Waals surface area contributed by atoms with Crippen LogP contribution in [0.1, 0.15) is 46.5 Å². The van der Waals surface area contributed by atoms with E-state index in [2.05, 4.69) is 37.4 Å². The number of hydrogen-bond donors (Lipinski definition) is 0. The normalized spacial score (nSPS) is 42.7. The number of aldehydes is 1. The summed E-state index contributed by atoms with van der Waals surface area (Å²) in [4.78, 5) is 14.2. The highest BCUT2D eigenvalue weighted by Crippen LogP contribution is 2.39. The minimum atomic E-state index is -0.0425. The van der Waals surface area contributed by atoms with Crippen molar-refractivity contribution in [2.45, 2.75) is 57.0 Å². The molecule has 2 fully saturated rings. The topological polar surface area (TPSA) is 20.3 Å². The van der Waals surface area contributed by atoms with Crippen LogP contribution in [0.25, 0.3) is 0 Å². The smallest absolute Gasteiger partial charge is 0.127 e. The second-order valence-corrected chi connectivity index (χ2v) is 8.51. The van der Waals surface area contributed by atoms with Crippen molar-refractivity contribution in [3.63, 3.8) is 0 Å². The lowest BCUT2D eigenvalue weighted by molar-refractivity contribution is -0.120. The zero-order valence-electron chi connectivity index (χ0n) is 12.0. The predicted molar refractivity (Wildman–Crippen MR) is 79.1 cm³/mol. The molecule has 18 heavy (non-hydrogen) atoms. The molecule has 4 unspecified atom stereocenters. The Morgan fingerprint density at radius 1 is 1.28 bits per heavy atom. The summed E-state index contributed by atoms with van der Waals surface area (Å²) >= 11 is 2.08. The standard InChI is InChI=1S/C15H27NOS/c1-12-5-4-6-15(7-12,11-17)10-16-8-13(2)18-14(3)9-16/h11-14H,4-10H2,1-3H3. The van der Waals surface area contributed by atoms with E-state index in [4.69, 9.17) is 0 Å². The Kier molecular flexibility index (Phi) is 4.76. The van der Waals surface area contributed by atoms with Crippen LogP contribution in [0, 0.1) is 11.3 Å². The van der Waals surface area contributed by atoms with Gasteiger partial charge in [-0.25, -0.2) is 0 Å². The number of carbonyl (C=O) groups is 1. The van der Waals surface area contributed by atoms with Crippen molar-refractivity contribution in [3.8, 4) is 0 Å². The lowest BCUT2D eigenvalue weighted by Crippen LogP contribution is -2.48. The lowest BCUT2D eigenvalue weighted by Gasteiger charge is -2.42. The van der Waals surface area contributed by atoms with Gasteiger partial charge in [0.2, 0.25) is 0 Å². The van der Waals surface area contributed by atoms with Gasteiger partial charge in [0.25, 0.3) is 0 Å². The van der Waals surface area contributed by atoms with Gasteiger partial charge in [0.15, 0.2) is 0 Å². The van der Waals surface area contributed by atoms with Crippen molar-refractivity contribution >= 4 is 18.0 Å². The summed E-state index contributed by atoms with van der Waals surface area (Å²) in [6.45, 7) is 10.2. The molecule has 0 radical (unpaired) electrons. The molecule has 0 spiro atoms. The van der Waals surface area contributed by atoms with Crippen LogP contribution < -0.4 is 0 Å². The molecule has 2 rings (SSSR count). The molecule has 0 amide bonds. The van der Waals surface area contributed by atoms with Crippen molar-refractivity contribution in [1.82, 2.24) is 4.90 Å². The van der Waals surface area contributed by atoms with E-state index in [9.17, 15) is 4.79 Å². The van der Waals surface area contributed by atoms with Crippen LogP contribution >= 0.6 is 11.8 Å². The molecule has 2 nitrogen and oxygen atoms in total.